The predicted octanol–water partition coefficient (Wildman–Crippen LogP) is 2.08. The molecule has 0 radical (unpaired) electrons. The molecule has 0 saturated carbocycles. The van der Waals surface area contributed by atoms with E-state index >= 15 is 0 Å². The van der Waals surface area contributed by atoms with Crippen LogP contribution >= 0.6 is 0 Å². The summed E-state index contributed by atoms with van der Waals surface area (Å²) in [7, 11) is 2.86. The molecule has 0 aliphatic heterocycles. The maximum Gasteiger partial charge on any atom is 0.335 e. The van der Waals surface area contributed by atoms with Gasteiger partial charge in [0.2, 0.25) is 5.75 Å². The third kappa shape index (κ3) is 3.43. The van der Waals surface area contributed by atoms with Crippen LogP contribution in [0.2, 0.25) is 0 Å². The summed E-state index contributed by atoms with van der Waals surface area (Å²) in [5.41, 5.74) is 1.50. The van der Waals surface area contributed by atoms with E-state index in [9.17, 15) is 4.79 Å². The van der Waals surface area contributed by atoms with E-state index in [0.717, 1.165) is 5.69 Å². The van der Waals surface area contributed by atoms with Crippen LogP contribution in [0.3, 0.4) is 0 Å². The second-order valence-electron chi connectivity index (χ2n) is 4.45. The van der Waals surface area contributed by atoms with Gasteiger partial charge in [0.1, 0.15) is 6.61 Å². The lowest BCUT2D eigenvalue weighted by atomic mass is 10.2. The van der Waals surface area contributed by atoms with Crippen LogP contribution in [-0.4, -0.2) is 35.3 Å². The molecule has 116 valence electrons. The SMILES string of the molecule is COc1cc(C(=O)O)cc(OC)c1OCc1cnc(C)cn1. The summed E-state index contributed by atoms with van der Waals surface area (Å²) in [6, 6.07) is 2.75. The summed E-state index contributed by atoms with van der Waals surface area (Å²) in [5, 5.41) is 9.08. The minimum atomic E-state index is -1.08. The van der Waals surface area contributed by atoms with E-state index in [1.807, 2.05) is 6.92 Å². The smallest absolute Gasteiger partial charge is 0.335 e. The molecule has 0 saturated heterocycles. The zero-order valence-electron chi connectivity index (χ0n) is 12.5. The van der Waals surface area contributed by atoms with Gasteiger partial charge in [-0.15, -0.1) is 0 Å². The number of carbonyl (C=O) groups is 1. The molecular formula is C15H16N2O5. The number of aromatic carboxylic acids is 1. The van der Waals surface area contributed by atoms with Crippen LogP contribution in [0.4, 0.5) is 0 Å². The van der Waals surface area contributed by atoms with Gasteiger partial charge in [-0.2, -0.15) is 0 Å². The number of carboxylic acid groups (broad SMARTS) is 1. The maximum absolute atomic E-state index is 11.1. The van der Waals surface area contributed by atoms with E-state index in [-0.39, 0.29) is 23.7 Å². The Morgan fingerprint density at radius 1 is 1.14 bits per heavy atom. The molecule has 1 aromatic heterocycles. The number of nitrogens with zero attached hydrogens (tertiary/aromatic N) is 2. The first-order chi connectivity index (χ1) is 10.5. The zero-order chi connectivity index (χ0) is 16.1. The minimum absolute atomic E-state index is 0.0520. The van der Waals surface area contributed by atoms with Crippen LogP contribution in [0.25, 0.3) is 0 Å². The average molecular weight is 304 g/mol. The van der Waals surface area contributed by atoms with Gasteiger partial charge in [-0.1, -0.05) is 0 Å². The molecule has 0 aliphatic rings. The summed E-state index contributed by atoms with van der Waals surface area (Å²) in [4.78, 5) is 19.4. The fraction of sp³-hybridized carbons (Fsp3) is 0.267. The molecule has 2 rings (SSSR count). The molecule has 1 aromatic carbocycles. The number of methoxy groups -OCH3 is 2. The average Bonchev–Trinajstić information content (AvgIpc) is 2.53. The first-order valence-corrected chi connectivity index (χ1v) is 6.44. The Bertz CT molecular complexity index is 645. The molecule has 1 heterocycles. The standard InChI is InChI=1S/C15H16N2O5/c1-9-6-17-11(7-16-9)8-22-14-12(20-2)4-10(15(18)19)5-13(14)21-3/h4-7H,8H2,1-3H3,(H,18,19). The van der Waals surface area contributed by atoms with Crippen molar-refractivity contribution >= 4 is 5.97 Å². The number of rotatable bonds is 6. The predicted molar refractivity (Wildman–Crippen MR) is 77.6 cm³/mol. The summed E-state index contributed by atoms with van der Waals surface area (Å²) < 4.78 is 16.0. The van der Waals surface area contributed by atoms with Gasteiger partial charge < -0.3 is 19.3 Å². The van der Waals surface area contributed by atoms with Crippen molar-refractivity contribution in [3.05, 3.63) is 41.5 Å². The van der Waals surface area contributed by atoms with E-state index in [4.69, 9.17) is 19.3 Å². The number of aryl methyl sites for hydroxylation is 1. The Balaban J connectivity index is 2.28. The molecule has 0 unspecified atom stereocenters. The first-order valence-electron chi connectivity index (χ1n) is 6.44. The highest BCUT2D eigenvalue weighted by Crippen LogP contribution is 2.39. The molecule has 0 aliphatic carbocycles. The third-order valence-electron chi connectivity index (χ3n) is 2.91. The molecule has 22 heavy (non-hydrogen) atoms. The maximum atomic E-state index is 11.1. The van der Waals surface area contributed by atoms with Gasteiger partial charge in [-0.3, -0.25) is 9.97 Å². The van der Waals surface area contributed by atoms with Gasteiger partial charge in [0, 0.05) is 6.20 Å². The number of hydrogen-bond donors (Lipinski definition) is 1. The van der Waals surface area contributed by atoms with Gasteiger partial charge >= 0.3 is 5.97 Å². The second kappa shape index (κ2) is 6.75. The van der Waals surface area contributed by atoms with Crippen molar-refractivity contribution in [3.63, 3.8) is 0 Å². The number of ether oxygens (including phenoxy) is 3. The van der Waals surface area contributed by atoms with E-state index in [1.165, 1.54) is 26.4 Å². The molecule has 7 nitrogen and oxygen atoms in total. The van der Waals surface area contributed by atoms with Gasteiger partial charge in [-0.25, -0.2) is 4.79 Å². The Morgan fingerprint density at radius 2 is 1.77 bits per heavy atom. The summed E-state index contributed by atoms with van der Waals surface area (Å²) in [5.74, 6) is -0.210. The highest BCUT2D eigenvalue weighted by molar-refractivity contribution is 5.89. The number of benzene rings is 1. The van der Waals surface area contributed by atoms with E-state index < -0.39 is 5.97 Å². The van der Waals surface area contributed by atoms with Gasteiger partial charge in [0.05, 0.1) is 37.4 Å². The molecule has 0 bridgehead atoms. The fourth-order valence-corrected chi connectivity index (χ4v) is 1.79. The van der Waals surface area contributed by atoms with Crippen molar-refractivity contribution in [2.24, 2.45) is 0 Å². The van der Waals surface area contributed by atoms with Crippen molar-refractivity contribution < 1.29 is 24.1 Å². The van der Waals surface area contributed by atoms with Gasteiger partial charge in [0.15, 0.2) is 11.5 Å². The summed E-state index contributed by atoms with van der Waals surface area (Å²) in [6.45, 7) is 2.00. The van der Waals surface area contributed by atoms with Crippen LogP contribution in [0, 0.1) is 6.92 Å². The molecule has 0 atom stereocenters. The van der Waals surface area contributed by atoms with Crippen LogP contribution < -0.4 is 14.2 Å². The normalized spacial score (nSPS) is 10.1. The second-order valence-corrected chi connectivity index (χ2v) is 4.45. The number of aromatic nitrogens is 2. The van der Waals surface area contributed by atoms with Crippen LogP contribution in [0.5, 0.6) is 17.2 Å². The highest BCUT2D eigenvalue weighted by Gasteiger charge is 2.17. The van der Waals surface area contributed by atoms with Gasteiger partial charge in [-0.05, 0) is 19.1 Å². The van der Waals surface area contributed by atoms with Crippen molar-refractivity contribution in [1.29, 1.82) is 0 Å². The fourth-order valence-electron chi connectivity index (χ4n) is 1.79. The Morgan fingerprint density at radius 3 is 2.23 bits per heavy atom. The summed E-state index contributed by atoms with van der Waals surface area (Å²) in [6.07, 6.45) is 3.25. The number of carboxylic acids is 1. The van der Waals surface area contributed by atoms with Crippen molar-refractivity contribution in [1.82, 2.24) is 9.97 Å². The number of hydrogen-bond acceptors (Lipinski definition) is 6. The Hall–Kier alpha value is -2.83. The van der Waals surface area contributed by atoms with Crippen molar-refractivity contribution in [2.45, 2.75) is 13.5 Å². The van der Waals surface area contributed by atoms with E-state index in [0.29, 0.717) is 11.4 Å². The van der Waals surface area contributed by atoms with Crippen molar-refractivity contribution in [2.75, 3.05) is 14.2 Å². The monoisotopic (exact) mass is 304 g/mol. The van der Waals surface area contributed by atoms with Gasteiger partial charge in [0.25, 0.3) is 0 Å². The molecule has 7 heteroatoms. The molecule has 0 amide bonds. The highest BCUT2D eigenvalue weighted by atomic mass is 16.5. The quantitative estimate of drug-likeness (QED) is 0.873. The third-order valence-corrected chi connectivity index (χ3v) is 2.91. The molecular weight excluding hydrogens is 288 g/mol. The Labute approximate surface area is 127 Å². The van der Waals surface area contributed by atoms with Crippen molar-refractivity contribution in [3.8, 4) is 17.2 Å². The van der Waals surface area contributed by atoms with E-state index in [2.05, 4.69) is 9.97 Å². The van der Waals surface area contributed by atoms with Crippen LogP contribution in [-0.2, 0) is 6.61 Å². The first kappa shape index (κ1) is 15.6. The summed E-state index contributed by atoms with van der Waals surface area (Å²) >= 11 is 0. The lowest BCUT2D eigenvalue weighted by Gasteiger charge is -2.15. The molecule has 0 spiro atoms. The largest absolute Gasteiger partial charge is 0.493 e. The molecule has 0 fully saturated rings. The lowest BCUT2D eigenvalue weighted by Crippen LogP contribution is -2.05. The molecule has 1 N–H and O–H groups in total. The lowest BCUT2D eigenvalue weighted by molar-refractivity contribution is 0.0696. The molecule has 2 aromatic rings. The zero-order valence-corrected chi connectivity index (χ0v) is 12.5. The van der Waals surface area contributed by atoms with E-state index in [1.54, 1.807) is 12.4 Å². The Kier molecular flexibility index (Phi) is 4.77. The topological polar surface area (TPSA) is 90.8 Å². The minimum Gasteiger partial charge on any atom is -0.493 e. The van der Waals surface area contributed by atoms with Crippen LogP contribution in [0.15, 0.2) is 24.5 Å². The van der Waals surface area contributed by atoms with Crippen LogP contribution in [0.1, 0.15) is 21.7 Å².